The van der Waals surface area contributed by atoms with Crippen molar-refractivity contribution in [2.45, 2.75) is 6.92 Å². The number of phenols is 1. The lowest BCUT2D eigenvalue weighted by atomic mass is 9.92. The molecule has 4 aromatic carbocycles. The van der Waals surface area contributed by atoms with E-state index in [9.17, 15) is 9.90 Å². The van der Waals surface area contributed by atoms with Crippen LogP contribution in [0.25, 0.3) is 28.3 Å². The highest BCUT2D eigenvalue weighted by Gasteiger charge is 2.11. The Morgan fingerprint density at radius 2 is 1.43 bits per heavy atom. The first-order valence-corrected chi connectivity index (χ1v) is 9.89. The largest absolute Gasteiger partial charge is 0.507 e. The van der Waals surface area contributed by atoms with E-state index in [-0.39, 0.29) is 11.5 Å². The first-order chi connectivity index (χ1) is 14.6. The number of para-hydroxylation sites is 1. The number of aromatic hydroxyl groups is 1. The number of carbonyl (C=O) groups is 1. The summed E-state index contributed by atoms with van der Waals surface area (Å²) >= 11 is 0. The molecule has 0 aromatic heterocycles. The van der Waals surface area contributed by atoms with Crippen LogP contribution in [0.5, 0.6) is 5.75 Å². The van der Waals surface area contributed by atoms with Crippen LogP contribution in [0, 0.1) is 6.92 Å². The molecule has 0 radical (unpaired) electrons. The van der Waals surface area contributed by atoms with Gasteiger partial charge in [-0.3, -0.25) is 4.79 Å². The summed E-state index contributed by atoms with van der Waals surface area (Å²) in [5.74, 6) is 0.214. The average molecular weight is 390 g/mol. The molecule has 0 saturated carbocycles. The third-order valence-corrected chi connectivity index (χ3v) is 5.09. The Hall–Kier alpha value is -3.91. The van der Waals surface area contributed by atoms with Gasteiger partial charge in [-0.1, -0.05) is 96.6 Å². The van der Waals surface area contributed by atoms with Gasteiger partial charge in [-0.05, 0) is 47.4 Å². The molecule has 0 heterocycles. The minimum absolute atomic E-state index is 0.0303. The first kappa shape index (κ1) is 19.4. The number of hydrogen-bond donors (Lipinski definition) is 1. The monoisotopic (exact) mass is 390 g/mol. The third kappa shape index (κ3) is 4.23. The van der Waals surface area contributed by atoms with Crippen LogP contribution in [0.3, 0.4) is 0 Å². The third-order valence-electron chi connectivity index (χ3n) is 5.09. The van der Waals surface area contributed by atoms with Crippen molar-refractivity contribution >= 4 is 11.9 Å². The van der Waals surface area contributed by atoms with Crippen molar-refractivity contribution in [1.82, 2.24) is 0 Å². The SMILES string of the molecule is Cc1ccc(-c2cc(C=CC(=O)c3ccccc3)ccc2-c2ccccc2O)cc1. The second-order valence-corrected chi connectivity index (χ2v) is 7.25. The van der Waals surface area contributed by atoms with Gasteiger partial charge in [0.1, 0.15) is 5.75 Å². The van der Waals surface area contributed by atoms with Gasteiger partial charge < -0.3 is 5.11 Å². The lowest BCUT2D eigenvalue weighted by molar-refractivity contribution is 0.104. The summed E-state index contributed by atoms with van der Waals surface area (Å²) in [6.45, 7) is 2.06. The maximum Gasteiger partial charge on any atom is 0.185 e. The minimum Gasteiger partial charge on any atom is -0.507 e. The molecular weight excluding hydrogens is 368 g/mol. The molecular formula is C28H22O2. The van der Waals surface area contributed by atoms with Crippen LogP contribution in [-0.4, -0.2) is 10.9 Å². The quantitative estimate of drug-likeness (QED) is 0.296. The van der Waals surface area contributed by atoms with Crippen LogP contribution in [0.15, 0.2) is 103 Å². The molecule has 0 bridgehead atoms. The molecule has 0 fully saturated rings. The van der Waals surface area contributed by atoms with Gasteiger partial charge in [0.05, 0.1) is 0 Å². The molecule has 2 nitrogen and oxygen atoms in total. The van der Waals surface area contributed by atoms with E-state index in [2.05, 4.69) is 37.3 Å². The molecule has 0 aliphatic carbocycles. The fourth-order valence-corrected chi connectivity index (χ4v) is 3.44. The number of allylic oxidation sites excluding steroid dienone is 1. The van der Waals surface area contributed by atoms with Crippen molar-refractivity contribution in [1.29, 1.82) is 0 Å². The van der Waals surface area contributed by atoms with Crippen LogP contribution in [0.1, 0.15) is 21.5 Å². The Morgan fingerprint density at radius 3 is 2.17 bits per heavy atom. The Balaban J connectivity index is 1.76. The average Bonchev–Trinajstić information content (AvgIpc) is 2.79. The fourth-order valence-electron chi connectivity index (χ4n) is 3.44. The second-order valence-electron chi connectivity index (χ2n) is 7.25. The molecule has 4 rings (SSSR count). The van der Waals surface area contributed by atoms with E-state index in [0.29, 0.717) is 5.56 Å². The molecule has 0 unspecified atom stereocenters. The van der Waals surface area contributed by atoms with E-state index >= 15 is 0 Å². The van der Waals surface area contributed by atoms with Gasteiger partial charge in [0.15, 0.2) is 5.78 Å². The van der Waals surface area contributed by atoms with Crippen molar-refractivity contribution < 1.29 is 9.90 Å². The molecule has 1 N–H and O–H groups in total. The molecule has 0 aliphatic rings. The molecule has 0 amide bonds. The second kappa shape index (κ2) is 8.62. The van der Waals surface area contributed by atoms with Crippen LogP contribution < -0.4 is 0 Å². The number of phenolic OH excluding ortho intramolecular Hbond substituents is 1. The van der Waals surface area contributed by atoms with E-state index in [0.717, 1.165) is 27.8 Å². The van der Waals surface area contributed by atoms with Gasteiger partial charge in [0.2, 0.25) is 0 Å². The van der Waals surface area contributed by atoms with E-state index in [1.165, 1.54) is 5.56 Å². The number of rotatable bonds is 5. The standard InChI is InChI=1S/C28H22O2/c1-20-11-15-22(16-12-20)26-19-21(14-18-27(29)23-7-3-2-4-8-23)13-17-24(26)25-9-5-6-10-28(25)30/h2-19,30H,1H3. The van der Waals surface area contributed by atoms with Crippen molar-refractivity contribution in [3.05, 3.63) is 120 Å². The van der Waals surface area contributed by atoms with E-state index in [1.807, 2.05) is 66.7 Å². The molecule has 0 spiro atoms. The molecule has 0 atom stereocenters. The predicted molar refractivity (Wildman–Crippen MR) is 124 cm³/mol. The highest BCUT2D eigenvalue weighted by molar-refractivity contribution is 6.06. The first-order valence-electron chi connectivity index (χ1n) is 9.89. The maximum atomic E-state index is 12.4. The Labute approximate surface area is 176 Å². The Kier molecular flexibility index (Phi) is 5.58. The van der Waals surface area contributed by atoms with Gasteiger partial charge in [-0.15, -0.1) is 0 Å². The summed E-state index contributed by atoms with van der Waals surface area (Å²) in [5, 5.41) is 10.4. The molecule has 4 aromatic rings. The van der Waals surface area contributed by atoms with E-state index in [4.69, 9.17) is 0 Å². The van der Waals surface area contributed by atoms with E-state index < -0.39 is 0 Å². The summed E-state index contributed by atoms with van der Waals surface area (Å²) in [4.78, 5) is 12.4. The fraction of sp³-hybridized carbons (Fsp3) is 0.0357. The summed E-state index contributed by atoms with van der Waals surface area (Å²) in [5.41, 5.74) is 6.57. The smallest absolute Gasteiger partial charge is 0.185 e. The number of benzene rings is 4. The van der Waals surface area contributed by atoms with Crippen molar-refractivity contribution in [3.63, 3.8) is 0 Å². The Morgan fingerprint density at radius 1 is 0.733 bits per heavy atom. The number of carbonyl (C=O) groups excluding carboxylic acids is 1. The number of ketones is 1. The van der Waals surface area contributed by atoms with Crippen LogP contribution in [-0.2, 0) is 0 Å². The van der Waals surface area contributed by atoms with Crippen molar-refractivity contribution in [2.75, 3.05) is 0 Å². The summed E-state index contributed by atoms with van der Waals surface area (Å²) in [7, 11) is 0. The minimum atomic E-state index is -0.0303. The maximum absolute atomic E-state index is 12.4. The lowest BCUT2D eigenvalue weighted by Gasteiger charge is -2.13. The number of hydrogen-bond acceptors (Lipinski definition) is 2. The summed E-state index contributed by atoms with van der Waals surface area (Å²) < 4.78 is 0. The summed E-state index contributed by atoms with van der Waals surface area (Å²) in [6.07, 6.45) is 3.44. The predicted octanol–water partition coefficient (Wildman–Crippen LogP) is 6.93. The van der Waals surface area contributed by atoms with Crippen molar-refractivity contribution in [2.24, 2.45) is 0 Å². The van der Waals surface area contributed by atoms with Gasteiger partial charge in [0, 0.05) is 11.1 Å². The molecule has 0 aliphatic heterocycles. The molecule has 146 valence electrons. The van der Waals surface area contributed by atoms with Gasteiger partial charge in [-0.2, -0.15) is 0 Å². The summed E-state index contributed by atoms with van der Waals surface area (Å²) in [6, 6.07) is 30.9. The van der Waals surface area contributed by atoms with Crippen LogP contribution >= 0.6 is 0 Å². The van der Waals surface area contributed by atoms with Gasteiger partial charge in [-0.25, -0.2) is 0 Å². The van der Waals surface area contributed by atoms with Crippen LogP contribution in [0.4, 0.5) is 0 Å². The van der Waals surface area contributed by atoms with Gasteiger partial charge in [0.25, 0.3) is 0 Å². The zero-order valence-corrected chi connectivity index (χ0v) is 16.7. The molecule has 0 saturated heterocycles. The topological polar surface area (TPSA) is 37.3 Å². The highest BCUT2D eigenvalue weighted by atomic mass is 16.3. The highest BCUT2D eigenvalue weighted by Crippen LogP contribution is 2.37. The molecule has 30 heavy (non-hydrogen) atoms. The lowest BCUT2D eigenvalue weighted by Crippen LogP contribution is -1.93. The molecule has 2 heteroatoms. The zero-order valence-electron chi connectivity index (χ0n) is 16.7. The van der Waals surface area contributed by atoms with E-state index in [1.54, 1.807) is 12.1 Å². The van der Waals surface area contributed by atoms with Crippen molar-refractivity contribution in [3.8, 4) is 28.0 Å². The normalized spacial score (nSPS) is 11.0. The zero-order chi connectivity index (χ0) is 20.9. The Bertz CT molecular complexity index is 1200. The number of aryl methyl sites for hydroxylation is 1. The van der Waals surface area contributed by atoms with Crippen LogP contribution in [0.2, 0.25) is 0 Å². The van der Waals surface area contributed by atoms with Gasteiger partial charge >= 0.3 is 0 Å².